The van der Waals surface area contributed by atoms with E-state index in [2.05, 4.69) is 10.3 Å². The lowest BCUT2D eigenvalue weighted by Gasteiger charge is -2.30. The van der Waals surface area contributed by atoms with Gasteiger partial charge in [0.05, 0.1) is 30.6 Å². The summed E-state index contributed by atoms with van der Waals surface area (Å²) in [5.41, 5.74) is 10.9. The zero-order valence-electron chi connectivity index (χ0n) is 22.4. The number of hydrogen-bond donors (Lipinski definition) is 2. The number of aromatic nitrogens is 2. The largest absolute Gasteiger partial charge is 0.496 e. The van der Waals surface area contributed by atoms with Gasteiger partial charge in [-0.3, -0.25) is 9.79 Å². The molecule has 1 unspecified atom stereocenters. The summed E-state index contributed by atoms with van der Waals surface area (Å²) in [6.45, 7) is 1.53. The van der Waals surface area contributed by atoms with E-state index in [0.717, 1.165) is 36.2 Å². The lowest BCUT2D eigenvalue weighted by molar-refractivity contribution is 0.0709. The Morgan fingerprint density at radius 3 is 2.71 bits per heavy atom. The average Bonchev–Trinajstić information content (AvgIpc) is 3.13. The summed E-state index contributed by atoms with van der Waals surface area (Å²) >= 11 is 6.40. The molecule has 1 saturated heterocycles. The number of nitrogens with one attached hydrogen (secondary N) is 1. The molecule has 0 radical (unpaired) electrons. The van der Waals surface area contributed by atoms with Crippen LogP contribution in [0.3, 0.4) is 0 Å². The highest BCUT2D eigenvalue weighted by atomic mass is 35.5. The van der Waals surface area contributed by atoms with E-state index in [1.54, 1.807) is 42.6 Å². The predicted molar refractivity (Wildman–Crippen MR) is 164 cm³/mol. The highest BCUT2D eigenvalue weighted by Crippen LogP contribution is 2.36. The molecular weight excluding hydrogens is 555 g/mol. The Balaban J connectivity index is 0.00000353. The number of fused-ring (bicyclic) bond motifs is 3. The molecule has 1 fully saturated rings. The predicted octanol–water partition coefficient (Wildman–Crippen LogP) is 6.24. The third-order valence-corrected chi connectivity index (χ3v) is 7.56. The van der Waals surface area contributed by atoms with Crippen molar-refractivity contribution < 1.29 is 13.9 Å². The van der Waals surface area contributed by atoms with Crippen molar-refractivity contribution in [3.05, 3.63) is 100.0 Å². The number of benzene rings is 3. The van der Waals surface area contributed by atoms with Gasteiger partial charge in [0.1, 0.15) is 11.6 Å². The number of amides is 1. The monoisotopic (exact) mass is 586 g/mol. The Morgan fingerprint density at radius 1 is 1.14 bits per heavy atom. The Bertz CT molecular complexity index is 1660. The molecule has 10 heteroatoms. The average molecular weight is 587 g/mol. The van der Waals surface area contributed by atoms with E-state index in [1.165, 1.54) is 13.2 Å². The third-order valence-electron chi connectivity index (χ3n) is 7.33. The number of methoxy groups -OCH3 is 1. The highest BCUT2D eigenvalue weighted by Gasteiger charge is 2.26. The quantitative estimate of drug-likeness (QED) is 0.287. The second-order valence-corrected chi connectivity index (χ2v) is 10.5. The summed E-state index contributed by atoms with van der Waals surface area (Å²) in [6.07, 6.45) is 3.57. The van der Waals surface area contributed by atoms with Crippen LogP contribution in [0.5, 0.6) is 5.75 Å². The first-order valence-corrected chi connectivity index (χ1v) is 13.7. The number of rotatable bonds is 5. The Hall–Kier alpha value is -4.34. The summed E-state index contributed by atoms with van der Waals surface area (Å²) in [7, 11) is 1.50. The molecule has 0 aliphatic carbocycles. The van der Waals surface area contributed by atoms with Crippen LogP contribution < -0.4 is 15.8 Å². The van der Waals surface area contributed by atoms with Gasteiger partial charge in [0.15, 0.2) is 0 Å². The Labute approximate surface area is 249 Å². The number of carbonyl (C=O) groups is 1. The number of piperidine rings is 1. The first-order chi connectivity index (χ1) is 19.9. The maximum atomic E-state index is 15.1. The van der Waals surface area contributed by atoms with E-state index in [1.807, 2.05) is 23.1 Å². The van der Waals surface area contributed by atoms with Gasteiger partial charge in [-0.25, -0.2) is 14.4 Å². The van der Waals surface area contributed by atoms with Crippen LogP contribution in [-0.2, 0) is 6.54 Å². The van der Waals surface area contributed by atoms with Crippen molar-refractivity contribution in [3.63, 3.8) is 0 Å². The SMILES string of the molecule is C.COc1cccc(F)c1C1=NCc2cnc(Nc3ccc(C(=O)N4CCCC(N)C4)cc3)nc2-c2ccc(Cl)cc21. The first kappa shape index (κ1) is 29.2. The number of halogens is 2. The van der Waals surface area contributed by atoms with Gasteiger partial charge in [-0.2, -0.15) is 0 Å². The van der Waals surface area contributed by atoms with Crippen molar-refractivity contribution in [1.29, 1.82) is 0 Å². The van der Waals surface area contributed by atoms with Crippen LogP contribution in [0.4, 0.5) is 16.0 Å². The smallest absolute Gasteiger partial charge is 0.253 e. The fourth-order valence-electron chi connectivity index (χ4n) is 5.30. The summed E-state index contributed by atoms with van der Waals surface area (Å²) < 4.78 is 20.6. The van der Waals surface area contributed by atoms with Gasteiger partial charge < -0.3 is 20.7 Å². The summed E-state index contributed by atoms with van der Waals surface area (Å²) in [4.78, 5) is 28.8. The van der Waals surface area contributed by atoms with Gasteiger partial charge in [0.2, 0.25) is 5.95 Å². The minimum Gasteiger partial charge on any atom is -0.496 e. The summed E-state index contributed by atoms with van der Waals surface area (Å²) in [6, 6.07) is 17.3. The summed E-state index contributed by atoms with van der Waals surface area (Å²) in [5.74, 6) is 0.279. The van der Waals surface area contributed by atoms with E-state index in [0.29, 0.717) is 45.8 Å². The van der Waals surface area contributed by atoms with Crippen molar-refractivity contribution >= 4 is 34.9 Å². The van der Waals surface area contributed by atoms with Crippen LogP contribution in [0, 0.1) is 5.82 Å². The van der Waals surface area contributed by atoms with Crippen LogP contribution in [-0.4, -0.2) is 52.7 Å². The molecule has 3 N–H and O–H groups in total. The maximum absolute atomic E-state index is 15.1. The standard InChI is InChI=1S/C31H28ClFN6O2.CH4/c1-41-26-6-2-5-25(33)27(26)29-24-14-20(32)9-12-23(24)28-19(15-35-29)16-36-31(38-28)37-22-10-7-18(8-11-22)30(40)39-13-3-4-21(34)17-39;/h2,5-12,14,16,21H,3-4,13,15,17,34H2,1H3,(H,36,37,38);1H4. The molecule has 4 aromatic rings. The lowest BCUT2D eigenvalue weighted by Crippen LogP contribution is -2.45. The van der Waals surface area contributed by atoms with Crippen molar-refractivity contribution in [1.82, 2.24) is 14.9 Å². The van der Waals surface area contributed by atoms with Crippen LogP contribution in [0.25, 0.3) is 11.3 Å². The lowest BCUT2D eigenvalue weighted by atomic mass is 9.94. The van der Waals surface area contributed by atoms with E-state index in [9.17, 15) is 4.79 Å². The number of carbonyl (C=O) groups excluding carboxylic acids is 1. The van der Waals surface area contributed by atoms with E-state index < -0.39 is 5.82 Å². The molecule has 1 atom stereocenters. The molecular formula is C32H32ClFN6O2. The minimum atomic E-state index is -0.446. The third kappa shape index (κ3) is 5.70. The molecule has 3 aromatic carbocycles. The number of hydrogen-bond acceptors (Lipinski definition) is 7. The molecule has 2 aliphatic rings. The molecule has 216 valence electrons. The Kier molecular flexibility index (Phi) is 8.51. The van der Waals surface area contributed by atoms with Gasteiger partial charge >= 0.3 is 0 Å². The van der Waals surface area contributed by atoms with E-state index >= 15 is 4.39 Å². The molecule has 1 aromatic heterocycles. The van der Waals surface area contributed by atoms with Crippen molar-refractivity contribution in [3.8, 4) is 17.0 Å². The maximum Gasteiger partial charge on any atom is 0.253 e. The topological polar surface area (TPSA) is 106 Å². The van der Waals surface area contributed by atoms with Gasteiger partial charge in [0, 0.05) is 58.3 Å². The first-order valence-electron chi connectivity index (χ1n) is 13.4. The van der Waals surface area contributed by atoms with Crippen molar-refractivity contribution in [2.75, 3.05) is 25.5 Å². The van der Waals surface area contributed by atoms with Gasteiger partial charge in [-0.15, -0.1) is 0 Å². The number of nitrogens with two attached hydrogens (primary N) is 1. The highest BCUT2D eigenvalue weighted by molar-refractivity contribution is 6.31. The van der Waals surface area contributed by atoms with Gasteiger partial charge in [-0.05, 0) is 61.4 Å². The molecule has 0 bridgehead atoms. The molecule has 2 aliphatic heterocycles. The van der Waals surface area contributed by atoms with Crippen LogP contribution in [0.2, 0.25) is 5.02 Å². The van der Waals surface area contributed by atoms with E-state index in [4.69, 9.17) is 32.0 Å². The molecule has 1 amide bonds. The zero-order valence-corrected chi connectivity index (χ0v) is 23.2. The second kappa shape index (κ2) is 12.3. The van der Waals surface area contributed by atoms with E-state index in [-0.39, 0.29) is 31.5 Å². The number of nitrogens with zero attached hydrogens (tertiary/aromatic N) is 4. The molecule has 6 rings (SSSR count). The number of likely N-dealkylation sites (tertiary alicyclic amines) is 1. The molecule has 0 saturated carbocycles. The van der Waals surface area contributed by atoms with Gasteiger partial charge in [0.25, 0.3) is 5.91 Å². The number of aliphatic imine (C=N–C) groups is 1. The molecule has 3 heterocycles. The van der Waals surface area contributed by atoms with Crippen LogP contribution in [0.15, 0.2) is 71.9 Å². The normalized spacial score (nSPS) is 15.9. The zero-order chi connectivity index (χ0) is 28.5. The summed E-state index contributed by atoms with van der Waals surface area (Å²) in [5, 5.41) is 3.72. The minimum absolute atomic E-state index is 0. The van der Waals surface area contributed by atoms with Crippen molar-refractivity contribution in [2.45, 2.75) is 32.9 Å². The van der Waals surface area contributed by atoms with Crippen molar-refractivity contribution in [2.24, 2.45) is 10.7 Å². The Morgan fingerprint density at radius 2 is 1.95 bits per heavy atom. The molecule has 8 nitrogen and oxygen atoms in total. The number of anilines is 2. The van der Waals surface area contributed by atoms with Crippen LogP contribution >= 0.6 is 11.6 Å². The second-order valence-electron chi connectivity index (χ2n) is 10.1. The van der Waals surface area contributed by atoms with Gasteiger partial charge in [-0.1, -0.05) is 31.2 Å². The fraction of sp³-hybridized carbons (Fsp3) is 0.250. The fourth-order valence-corrected chi connectivity index (χ4v) is 5.48. The van der Waals surface area contributed by atoms with Crippen LogP contribution in [0.1, 0.15) is 47.3 Å². The number of ether oxygens (including phenoxy) is 1. The molecule has 42 heavy (non-hydrogen) atoms. The molecule has 0 spiro atoms.